The number of methoxy groups -OCH3 is 1. The summed E-state index contributed by atoms with van der Waals surface area (Å²) in [6.07, 6.45) is 0. The maximum absolute atomic E-state index is 5.48. The number of rotatable bonds is 8. The Hall–Kier alpha value is -1.99. The quantitative estimate of drug-likeness (QED) is 0.719. The lowest BCUT2D eigenvalue weighted by Gasteiger charge is -2.08. The second-order valence-corrected chi connectivity index (χ2v) is 4.11. The van der Waals surface area contributed by atoms with Gasteiger partial charge in [0.15, 0.2) is 5.82 Å². The van der Waals surface area contributed by atoms with Gasteiger partial charge in [-0.1, -0.05) is 6.07 Å². The Kier molecular flexibility index (Phi) is 5.45. The summed E-state index contributed by atoms with van der Waals surface area (Å²) in [5.41, 5.74) is 0.879. The summed E-state index contributed by atoms with van der Waals surface area (Å²) in [4.78, 5) is 0. The molecular weight excluding hydrogens is 258 g/mol. The molecule has 2 aromatic rings. The third kappa shape index (κ3) is 3.75. The van der Waals surface area contributed by atoms with Gasteiger partial charge in [-0.25, -0.2) is 0 Å². The molecule has 1 N–H and O–H groups in total. The van der Waals surface area contributed by atoms with E-state index in [9.17, 15) is 0 Å². The van der Waals surface area contributed by atoms with Crippen molar-refractivity contribution in [1.29, 1.82) is 0 Å². The van der Waals surface area contributed by atoms with Gasteiger partial charge >= 0.3 is 0 Å². The highest BCUT2D eigenvalue weighted by Gasteiger charge is 2.08. The van der Waals surface area contributed by atoms with Crippen LogP contribution in [0.1, 0.15) is 12.7 Å². The third-order valence-electron chi connectivity index (χ3n) is 2.67. The maximum Gasteiger partial charge on any atom is 0.170 e. The lowest BCUT2D eigenvalue weighted by Crippen LogP contribution is -2.21. The zero-order chi connectivity index (χ0) is 14.2. The van der Waals surface area contributed by atoms with E-state index in [1.165, 1.54) is 0 Å². The SMILES string of the molecule is CCOc1cccc(-n2nnnc2CNCCOC)c1. The average Bonchev–Trinajstić information content (AvgIpc) is 2.93. The van der Waals surface area contributed by atoms with Crippen molar-refractivity contribution in [2.24, 2.45) is 0 Å². The predicted molar refractivity (Wildman–Crippen MR) is 73.9 cm³/mol. The van der Waals surface area contributed by atoms with E-state index in [1.54, 1.807) is 11.8 Å². The van der Waals surface area contributed by atoms with Crippen molar-refractivity contribution >= 4 is 0 Å². The van der Waals surface area contributed by atoms with Gasteiger partial charge in [0, 0.05) is 19.7 Å². The van der Waals surface area contributed by atoms with Gasteiger partial charge in [-0.05, 0) is 29.5 Å². The topological polar surface area (TPSA) is 74.1 Å². The predicted octanol–water partition coefficient (Wildman–Crippen LogP) is 0.797. The summed E-state index contributed by atoms with van der Waals surface area (Å²) in [5, 5.41) is 15.0. The van der Waals surface area contributed by atoms with Crippen LogP contribution in [-0.4, -0.2) is 47.1 Å². The molecule has 0 aliphatic heterocycles. The molecule has 0 unspecified atom stereocenters. The molecule has 0 fully saturated rings. The van der Waals surface area contributed by atoms with Crippen LogP contribution in [0.15, 0.2) is 24.3 Å². The molecule has 7 heteroatoms. The number of nitrogens with zero attached hydrogens (tertiary/aromatic N) is 4. The van der Waals surface area contributed by atoms with Crippen molar-refractivity contribution in [1.82, 2.24) is 25.5 Å². The van der Waals surface area contributed by atoms with Crippen LogP contribution in [0.5, 0.6) is 5.75 Å². The smallest absolute Gasteiger partial charge is 0.170 e. The number of benzene rings is 1. The first-order valence-electron chi connectivity index (χ1n) is 6.55. The molecule has 7 nitrogen and oxygen atoms in total. The Balaban J connectivity index is 2.08. The van der Waals surface area contributed by atoms with E-state index in [1.807, 2.05) is 31.2 Å². The highest BCUT2D eigenvalue weighted by Crippen LogP contribution is 2.16. The van der Waals surface area contributed by atoms with Gasteiger partial charge in [0.2, 0.25) is 0 Å². The highest BCUT2D eigenvalue weighted by atomic mass is 16.5. The summed E-state index contributed by atoms with van der Waals surface area (Å²) in [5.74, 6) is 1.55. The Morgan fingerprint density at radius 2 is 2.25 bits per heavy atom. The Morgan fingerprint density at radius 3 is 3.05 bits per heavy atom. The van der Waals surface area contributed by atoms with Crippen LogP contribution in [0.3, 0.4) is 0 Å². The molecule has 20 heavy (non-hydrogen) atoms. The van der Waals surface area contributed by atoms with Gasteiger partial charge in [0.05, 0.1) is 25.4 Å². The van der Waals surface area contributed by atoms with Crippen molar-refractivity contribution in [2.75, 3.05) is 26.9 Å². The second kappa shape index (κ2) is 7.56. The first-order valence-corrected chi connectivity index (χ1v) is 6.55. The van der Waals surface area contributed by atoms with Crippen LogP contribution >= 0.6 is 0 Å². The minimum atomic E-state index is 0.579. The highest BCUT2D eigenvalue weighted by molar-refractivity contribution is 5.38. The first-order chi connectivity index (χ1) is 9.85. The number of hydrogen-bond acceptors (Lipinski definition) is 6. The number of nitrogens with one attached hydrogen (secondary N) is 1. The summed E-state index contributed by atoms with van der Waals surface area (Å²) in [6.45, 7) is 4.57. The van der Waals surface area contributed by atoms with Crippen LogP contribution in [0.2, 0.25) is 0 Å². The van der Waals surface area contributed by atoms with Gasteiger partial charge in [-0.3, -0.25) is 0 Å². The molecule has 2 rings (SSSR count). The van der Waals surface area contributed by atoms with E-state index in [4.69, 9.17) is 9.47 Å². The molecule has 0 bridgehead atoms. The summed E-state index contributed by atoms with van der Waals surface area (Å²) < 4.78 is 12.2. The fourth-order valence-corrected chi connectivity index (χ4v) is 1.76. The summed E-state index contributed by atoms with van der Waals surface area (Å²) in [7, 11) is 1.67. The van der Waals surface area contributed by atoms with E-state index >= 15 is 0 Å². The van der Waals surface area contributed by atoms with Crippen molar-refractivity contribution in [2.45, 2.75) is 13.5 Å². The van der Waals surface area contributed by atoms with Gasteiger partial charge < -0.3 is 14.8 Å². The van der Waals surface area contributed by atoms with Crippen LogP contribution in [0, 0.1) is 0 Å². The van der Waals surface area contributed by atoms with Crippen LogP contribution in [0.4, 0.5) is 0 Å². The van der Waals surface area contributed by atoms with Crippen LogP contribution in [0.25, 0.3) is 5.69 Å². The van der Waals surface area contributed by atoms with Gasteiger partial charge in [-0.2, -0.15) is 4.68 Å². The Labute approximate surface area is 117 Å². The monoisotopic (exact) mass is 277 g/mol. The minimum Gasteiger partial charge on any atom is -0.494 e. The molecule has 0 saturated heterocycles. The summed E-state index contributed by atoms with van der Waals surface area (Å²) >= 11 is 0. The molecule has 1 aromatic heterocycles. The zero-order valence-electron chi connectivity index (χ0n) is 11.7. The minimum absolute atomic E-state index is 0.579. The van der Waals surface area contributed by atoms with E-state index in [-0.39, 0.29) is 0 Å². The standard InChI is InChI=1S/C13H19N5O2/c1-3-20-12-6-4-5-11(9-12)18-13(15-16-17-18)10-14-7-8-19-2/h4-6,9,14H,3,7-8,10H2,1-2H3. The van der Waals surface area contributed by atoms with E-state index < -0.39 is 0 Å². The van der Waals surface area contributed by atoms with Gasteiger partial charge in [0.1, 0.15) is 5.75 Å². The Bertz CT molecular complexity index is 529. The molecule has 0 spiro atoms. The van der Waals surface area contributed by atoms with Crippen molar-refractivity contribution in [3.05, 3.63) is 30.1 Å². The molecule has 0 aliphatic rings. The molecular formula is C13H19N5O2. The molecule has 0 aliphatic carbocycles. The number of hydrogen-bond donors (Lipinski definition) is 1. The van der Waals surface area contributed by atoms with E-state index in [0.29, 0.717) is 19.8 Å². The zero-order valence-corrected chi connectivity index (χ0v) is 11.7. The largest absolute Gasteiger partial charge is 0.494 e. The molecule has 0 radical (unpaired) electrons. The molecule has 0 atom stereocenters. The number of aromatic nitrogens is 4. The average molecular weight is 277 g/mol. The lowest BCUT2D eigenvalue weighted by molar-refractivity contribution is 0.199. The van der Waals surface area contributed by atoms with Gasteiger partial charge in [0.25, 0.3) is 0 Å². The maximum atomic E-state index is 5.48. The molecule has 1 aromatic carbocycles. The van der Waals surface area contributed by atoms with Crippen molar-refractivity contribution in [3.63, 3.8) is 0 Å². The molecule has 0 amide bonds. The van der Waals surface area contributed by atoms with Crippen molar-refractivity contribution < 1.29 is 9.47 Å². The van der Waals surface area contributed by atoms with E-state index in [0.717, 1.165) is 23.8 Å². The van der Waals surface area contributed by atoms with Crippen LogP contribution < -0.4 is 10.1 Å². The van der Waals surface area contributed by atoms with Crippen LogP contribution in [-0.2, 0) is 11.3 Å². The fraction of sp³-hybridized carbons (Fsp3) is 0.462. The molecule has 1 heterocycles. The summed E-state index contributed by atoms with van der Waals surface area (Å²) in [6, 6.07) is 7.69. The first kappa shape index (κ1) is 14.4. The van der Waals surface area contributed by atoms with Gasteiger partial charge in [-0.15, -0.1) is 5.10 Å². The molecule has 108 valence electrons. The third-order valence-corrected chi connectivity index (χ3v) is 2.67. The second-order valence-electron chi connectivity index (χ2n) is 4.11. The van der Waals surface area contributed by atoms with E-state index in [2.05, 4.69) is 20.8 Å². The van der Waals surface area contributed by atoms with Crippen molar-refractivity contribution in [3.8, 4) is 11.4 Å². The number of tetrazole rings is 1. The fourth-order valence-electron chi connectivity index (χ4n) is 1.76. The Morgan fingerprint density at radius 1 is 1.35 bits per heavy atom. The normalized spacial score (nSPS) is 10.7. The number of ether oxygens (including phenoxy) is 2. The lowest BCUT2D eigenvalue weighted by atomic mass is 10.3. The molecule has 0 saturated carbocycles.